The molecule has 2 rings (SSSR count). The Morgan fingerprint density at radius 2 is 2.21 bits per heavy atom. The van der Waals surface area contributed by atoms with E-state index in [9.17, 15) is 4.79 Å². The lowest BCUT2D eigenvalue weighted by Gasteiger charge is -2.21. The van der Waals surface area contributed by atoms with Gasteiger partial charge in [0, 0.05) is 3.57 Å². The summed E-state index contributed by atoms with van der Waals surface area (Å²) in [5.74, 6) is 0.695. The third-order valence-electron chi connectivity index (χ3n) is 2.27. The molecule has 0 saturated heterocycles. The Kier molecular flexibility index (Phi) is 2.38. The summed E-state index contributed by atoms with van der Waals surface area (Å²) in [6, 6.07) is 1.96. The first-order valence-electron chi connectivity index (χ1n) is 4.32. The Balaban J connectivity index is 2.60. The van der Waals surface area contributed by atoms with Crippen LogP contribution in [0.25, 0.3) is 0 Å². The average molecular weight is 303 g/mol. The molecule has 0 aromatic heterocycles. The van der Waals surface area contributed by atoms with Crippen LogP contribution in [-0.4, -0.2) is 12.5 Å². The van der Waals surface area contributed by atoms with Crippen molar-refractivity contribution in [2.45, 2.75) is 13.8 Å². The molecule has 0 spiro atoms. The van der Waals surface area contributed by atoms with Gasteiger partial charge in [-0.1, -0.05) is 0 Å². The van der Waals surface area contributed by atoms with Gasteiger partial charge in [-0.05, 0) is 53.6 Å². The first-order valence-corrected chi connectivity index (χ1v) is 5.40. The van der Waals surface area contributed by atoms with Crippen LogP contribution in [0, 0.1) is 17.4 Å². The van der Waals surface area contributed by atoms with E-state index in [1.807, 2.05) is 19.9 Å². The molecule has 1 aliphatic rings. The SMILES string of the molecule is Cc1cc2c(c(C)c1I)NC(=O)CO2. The van der Waals surface area contributed by atoms with Crippen LogP contribution in [0.2, 0.25) is 0 Å². The number of rotatable bonds is 0. The average Bonchev–Trinajstić information content (AvgIpc) is 2.16. The van der Waals surface area contributed by atoms with Crippen molar-refractivity contribution in [3.05, 3.63) is 20.8 Å². The maximum absolute atomic E-state index is 11.1. The molecule has 1 amide bonds. The van der Waals surface area contributed by atoms with Crippen LogP contribution in [0.1, 0.15) is 11.1 Å². The second-order valence-corrected chi connectivity index (χ2v) is 4.42. The minimum absolute atomic E-state index is 0.0831. The molecule has 1 aromatic rings. The molecule has 4 heteroatoms. The van der Waals surface area contributed by atoms with E-state index in [-0.39, 0.29) is 12.5 Å². The van der Waals surface area contributed by atoms with Gasteiger partial charge in [-0.2, -0.15) is 0 Å². The Morgan fingerprint density at radius 1 is 1.50 bits per heavy atom. The van der Waals surface area contributed by atoms with Gasteiger partial charge >= 0.3 is 0 Å². The van der Waals surface area contributed by atoms with E-state index >= 15 is 0 Å². The number of ether oxygens (including phenoxy) is 1. The predicted octanol–water partition coefficient (Wildman–Crippen LogP) is 2.24. The summed E-state index contributed by atoms with van der Waals surface area (Å²) >= 11 is 2.28. The van der Waals surface area contributed by atoms with Crippen molar-refractivity contribution in [3.8, 4) is 5.75 Å². The Morgan fingerprint density at radius 3 is 2.93 bits per heavy atom. The second-order valence-electron chi connectivity index (χ2n) is 3.34. The lowest BCUT2D eigenvalue weighted by molar-refractivity contribution is -0.118. The fraction of sp³-hybridized carbons (Fsp3) is 0.300. The first kappa shape index (κ1) is 9.76. The van der Waals surface area contributed by atoms with Gasteiger partial charge in [-0.3, -0.25) is 4.79 Å². The van der Waals surface area contributed by atoms with E-state index in [4.69, 9.17) is 4.74 Å². The van der Waals surface area contributed by atoms with E-state index < -0.39 is 0 Å². The fourth-order valence-corrected chi connectivity index (χ4v) is 1.94. The monoisotopic (exact) mass is 303 g/mol. The van der Waals surface area contributed by atoms with Gasteiger partial charge in [0.1, 0.15) is 5.75 Å². The molecule has 0 radical (unpaired) electrons. The summed E-state index contributed by atoms with van der Waals surface area (Å²) in [4.78, 5) is 11.1. The third-order valence-corrected chi connectivity index (χ3v) is 3.93. The molecule has 1 N–H and O–H groups in total. The Labute approximate surface area is 96.0 Å². The van der Waals surface area contributed by atoms with Gasteiger partial charge in [0.15, 0.2) is 6.61 Å². The van der Waals surface area contributed by atoms with Gasteiger partial charge in [-0.25, -0.2) is 0 Å². The smallest absolute Gasteiger partial charge is 0.262 e. The molecule has 0 aliphatic carbocycles. The van der Waals surface area contributed by atoms with Crippen molar-refractivity contribution in [1.29, 1.82) is 0 Å². The number of anilines is 1. The van der Waals surface area contributed by atoms with Crippen LogP contribution < -0.4 is 10.1 Å². The third kappa shape index (κ3) is 1.47. The zero-order chi connectivity index (χ0) is 10.3. The number of amides is 1. The molecule has 0 saturated carbocycles. The molecule has 14 heavy (non-hydrogen) atoms. The number of nitrogens with one attached hydrogen (secondary N) is 1. The standard InChI is InChI=1S/C10H10INO2/c1-5-3-7-10(6(2)9(5)11)12-8(13)4-14-7/h3H,4H2,1-2H3,(H,12,13). The van der Waals surface area contributed by atoms with E-state index in [2.05, 4.69) is 27.9 Å². The largest absolute Gasteiger partial charge is 0.482 e. The highest BCUT2D eigenvalue weighted by atomic mass is 127. The van der Waals surface area contributed by atoms with Crippen LogP contribution in [0.5, 0.6) is 5.75 Å². The van der Waals surface area contributed by atoms with Crippen molar-refractivity contribution in [2.75, 3.05) is 11.9 Å². The summed E-state index contributed by atoms with van der Waals surface area (Å²) in [6.45, 7) is 4.14. The summed E-state index contributed by atoms with van der Waals surface area (Å²) in [5, 5.41) is 2.83. The van der Waals surface area contributed by atoms with E-state index in [0.717, 1.165) is 17.0 Å². The number of hydrogen-bond donors (Lipinski definition) is 1. The number of carbonyl (C=O) groups excluding carboxylic acids is 1. The van der Waals surface area contributed by atoms with Gasteiger partial charge < -0.3 is 10.1 Å². The summed E-state index contributed by atoms with van der Waals surface area (Å²) in [5.41, 5.74) is 3.07. The van der Waals surface area contributed by atoms with Gasteiger partial charge in [-0.15, -0.1) is 0 Å². The van der Waals surface area contributed by atoms with Gasteiger partial charge in [0.2, 0.25) is 0 Å². The van der Waals surface area contributed by atoms with Crippen LogP contribution in [0.15, 0.2) is 6.07 Å². The summed E-state index contributed by atoms with van der Waals surface area (Å²) in [7, 11) is 0. The minimum atomic E-state index is -0.0831. The molecule has 1 heterocycles. The van der Waals surface area contributed by atoms with E-state index in [1.165, 1.54) is 9.13 Å². The minimum Gasteiger partial charge on any atom is -0.482 e. The highest BCUT2D eigenvalue weighted by Crippen LogP contribution is 2.35. The molecule has 0 bridgehead atoms. The van der Waals surface area contributed by atoms with E-state index in [1.54, 1.807) is 0 Å². The summed E-state index contributed by atoms with van der Waals surface area (Å²) < 4.78 is 6.51. The lowest BCUT2D eigenvalue weighted by atomic mass is 10.1. The van der Waals surface area contributed by atoms with Gasteiger partial charge in [0.05, 0.1) is 5.69 Å². The summed E-state index contributed by atoms with van der Waals surface area (Å²) in [6.07, 6.45) is 0. The first-order chi connectivity index (χ1) is 6.59. The van der Waals surface area contributed by atoms with Crippen LogP contribution in [-0.2, 0) is 4.79 Å². The van der Waals surface area contributed by atoms with Crippen molar-refractivity contribution < 1.29 is 9.53 Å². The molecule has 0 atom stereocenters. The number of carbonyl (C=O) groups is 1. The van der Waals surface area contributed by atoms with Crippen molar-refractivity contribution in [3.63, 3.8) is 0 Å². The Bertz CT molecular complexity index is 415. The predicted molar refractivity (Wildman–Crippen MR) is 62.8 cm³/mol. The normalized spacial score (nSPS) is 14.4. The Hall–Kier alpha value is -0.780. The van der Waals surface area contributed by atoms with Gasteiger partial charge in [0.25, 0.3) is 5.91 Å². The molecule has 74 valence electrons. The van der Waals surface area contributed by atoms with Crippen LogP contribution in [0.3, 0.4) is 0 Å². The number of hydrogen-bond acceptors (Lipinski definition) is 2. The number of halogens is 1. The topological polar surface area (TPSA) is 38.3 Å². The molecular formula is C10H10INO2. The maximum Gasteiger partial charge on any atom is 0.262 e. The highest BCUT2D eigenvalue weighted by molar-refractivity contribution is 14.1. The van der Waals surface area contributed by atoms with E-state index in [0.29, 0.717) is 0 Å². The highest BCUT2D eigenvalue weighted by Gasteiger charge is 2.20. The maximum atomic E-state index is 11.1. The number of fused-ring (bicyclic) bond motifs is 1. The van der Waals surface area contributed by atoms with Crippen LogP contribution >= 0.6 is 22.6 Å². The molecular weight excluding hydrogens is 293 g/mol. The fourth-order valence-electron chi connectivity index (χ4n) is 1.51. The number of aryl methyl sites for hydroxylation is 1. The number of benzene rings is 1. The molecule has 1 aliphatic heterocycles. The van der Waals surface area contributed by atoms with Crippen molar-refractivity contribution in [2.24, 2.45) is 0 Å². The van der Waals surface area contributed by atoms with Crippen molar-refractivity contribution in [1.82, 2.24) is 0 Å². The second kappa shape index (κ2) is 3.42. The molecule has 3 nitrogen and oxygen atoms in total. The quantitative estimate of drug-likeness (QED) is 0.747. The van der Waals surface area contributed by atoms with Crippen molar-refractivity contribution >= 4 is 34.2 Å². The molecule has 0 unspecified atom stereocenters. The molecule has 1 aromatic carbocycles. The van der Waals surface area contributed by atoms with Crippen LogP contribution in [0.4, 0.5) is 5.69 Å². The lowest BCUT2D eigenvalue weighted by Crippen LogP contribution is -2.26. The molecule has 0 fully saturated rings. The zero-order valence-electron chi connectivity index (χ0n) is 7.98. The zero-order valence-corrected chi connectivity index (χ0v) is 10.1.